The maximum absolute atomic E-state index is 11.9. The molecule has 50 valence electrons. The van der Waals surface area contributed by atoms with Crippen LogP contribution in [0.15, 0.2) is 0 Å². The maximum atomic E-state index is 11.9. The zero-order chi connectivity index (χ0) is 6.62. The number of alkyl halides is 1. The van der Waals surface area contributed by atoms with E-state index in [1.54, 1.807) is 0 Å². The van der Waals surface area contributed by atoms with Crippen molar-refractivity contribution >= 4 is 0 Å². The smallest absolute Gasteiger partial charge is 0.221 e. The Kier molecular flexibility index (Phi) is 2.98. The molecule has 0 fully saturated rings. The Morgan fingerprint density at radius 1 is 1.38 bits per heavy atom. The van der Waals surface area contributed by atoms with Gasteiger partial charge in [0.05, 0.1) is 20.6 Å². The van der Waals surface area contributed by atoms with E-state index >= 15 is 0 Å². The molecule has 0 saturated heterocycles. The molecule has 0 atom stereocenters. The van der Waals surface area contributed by atoms with Gasteiger partial charge in [-0.25, -0.2) is 0 Å². The van der Waals surface area contributed by atoms with Gasteiger partial charge in [-0.05, 0) is 6.42 Å². The molecular formula is C6H15FN+. The lowest BCUT2D eigenvalue weighted by molar-refractivity contribution is -0.902. The van der Waals surface area contributed by atoms with E-state index < -0.39 is 0 Å². The standard InChI is InChI=1S/C6H15FN/c1-4-5-8(2,3)6-7/h4-6H2,1-3H3/q+1. The number of nitrogens with zero attached hydrogens (tertiary/aromatic N) is 1. The molecule has 0 N–H and O–H groups in total. The van der Waals surface area contributed by atoms with Crippen molar-refractivity contribution < 1.29 is 8.87 Å². The quantitative estimate of drug-likeness (QED) is 0.390. The van der Waals surface area contributed by atoms with E-state index in [9.17, 15) is 4.39 Å². The zero-order valence-corrected chi connectivity index (χ0v) is 5.95. The van der Waals surface area contributed by atoms with Gasteiger partial charge in [0.1, 0.15) is 0 Å². The van der Waals surface area contributed by atoms with Gasteiger partial charge in [-0.2, -0.15) is 4.39 Å². The Hall–Kier alpha value is -0.110. The van der Waals surface area contributed by atoms with Gasteiger partial charge in [-0.1, -0.05) is 6.92 Å². The minimum absolute atomic E-state index is 0.256. The molecule has 0 aliphatic heterocycles. The van der Waals surface area contributed by atoms with E-state index in [2.05, 4.69) is 6.92 Å². The lowest BCUT2D eigenvalue weighted by Gasteiger charge is -2.24. The molecule has 0 aliphatic rings. The van der Waals surface area contributed by atoms with Crippen LogP contribution < -0.4 is 0 Å². The average molecular weight is 120 g/mol. The predicted octanol–water partition coefficient (Wildman–Crippen LogP) is 1.40. The average Bonchev–Trinajstić information content (AvgIpc) is 1.67. The van der Waals surface area contributed by atoms with Crippen LogP contribution in [0.1, 0.15) is 13.3 Å². The van der Waals surface area contributed by atoms with Crippen molar-refractivity contribution in [3.63, 3.8) is 0 Å². The van der Waals surface area contributed by atoms with Crippen LogP contribution in [0.5, 0.6) is 0 Å². The summed E-state index contributed by atoms with van der Waals surface area (Å²) in [6.07, 6.45) is 1.05. The lowest BCUT2D eigenvalue weighted by Crippen LogP contribution is -2.39. The third-order valence-corrected chi connectivity index (χ3v) is 1.15. The highest BCUT2D eigenvalue weighted by atomic mass is 19.1. The van der Waals surface area contributed by atoms with Gasteiger partial charge in [0.15, 0.2) is 0 Å². The Morgan fingerprint density at radius 2 is 1.88 bits per heavy atom. The van der Waals surface area contributed by atoms with Gasteiger partial charge in [-0.15, -0.1) is 0 Å². The Labute approximate surface area is 50.7 Å². The van der Waals surface area contributed by atoms with Crippen LogP contribution in [-0.4, -0.2) is 31.9 Å². The fourth-order valence-corrected chi connectivity index (χ4v) is 0.665. The van der Waals surface area contributed by atoms with Gasteiger partial charge < -0.3 is 4.48 Å². The van der Waals surface area contributed by atoms with E-state index in [1.807, 2.05) is 14.1 Å². The number of quaternary nitrogens is 1. The summed E-state index contributed by atoms with van der Waals surface area (Å²) in [5, 5.41) is 0. The predicted molar refractivity (Wildman–Crippen MR) is 33.2 cm³/mol. The summed E-state index contributed by atoms with van der Waals surface area (Å²) in [6, 6.07) is 0. The van der Waals surface area contributed by atoms with Crippen molar-refractivity contribution in [3.8, 4) is 0 Å². The second-order valence-corrected chi connectivity index (χ2v) is 2.78. The molecule has 0 bridgehead atoms. The lowest BCUT2D eigenvalue weighted by atomic mass is 10.4. The van der Waals surface area contributed by atoms with Gasteiger partial charge in [0.25, 0.3) is 0 Å². The van der Waals surface area contributed by atoms with Crippen molar-refractivity contribution in [1.82, 2.24) is 0 Å². The van der Waals surface area contributed by atoms with Crippen molar-refractivity contribution in [1.29, 1.82) is 0 Å². The van der Waals surface area contributed by atoms with Crippen LogP contribution in [0.2, 0.25) is 0 Å². The highest BCUT2D eigenvalue weighted by molar-refractivity contribution is 4.22. The van der Waals surface area contributed by atoms with Crippen LogP contribution in [0, 0.1) is 0 Å². The molecule has 1 nitrogen and oxygen atoms in total. The minimum Gasteiger partial charge on any atom is -0.302 e. The summed E-state index contributed by atoms with van der Waals surface area (Å²) in [5.74, 6) is 0. The van der Waals surface area contributed by atoms with Crippen LogP contribution >= 0.6 is 0 Å². The second kappa shape index (κ2) is 3.02. The number of hydrogen-bond donors (Lipinski definition) is 0. The van der Waals surface area contributed by atoms with Crippen molar-refractivity contribution in [2.45, 2.75) is 13.3 Å². The summed E-state index contributed by atoms with van der Waals surface area (Å²) in [4.78, 5) is 0. The van der Waals surface area contributed by atoms with Crippen LogP contribution in [0.4, 0.5) is 4.39 Å². The molecule has 0 amide bonds. The molecular weight excluding hydrogens is 105 g/mol. The molecule has 0 aromatic carbocycles. The first-order valence-corrected chi connectivity index (χ1v) is 3.00. The van der Waals surface area contributed by atoms with Gasteiger partial charge >= 0.3 is 0 Å². The van der Waals surface area contributed by atoms with Gasteiger partial charge in [-0.3, -0.25) is 0 Å². The molecule has 0 saturated carbocycles. The van der Waals surface area contributed by atoms with E-state index in [0.29, 0.717) is 4.48 Å². The summed E-state index contributed by atoms with van der Waals surface area (Å²) >= 11 is 0. The van der Waals surface area contributed by atoms with Crippen molar-refractivity contribution in [2.75, 3.05) is 27.4 Å². The molecule has 0 spiro atoms. The fourth-order valence-electron chi connectivity index (χ4n) is 0.665. The van der Waals surface area contributed by atoms with E-state index in [0.717, 1.165) is 13.0 Å². The summed E-state index contributed by atoms with van der Waals surface area (Å²) in [5.41, 5.74) is 0. The maximum Gasteiger partial charge on any atom is 0.221 e. The largest absolute Gasteiger partial charge is 0.302 e. The van der Waals surface area contributed by atoms with E-state index in [-0.39, 0.29) is 6.80 Å². The third kappa shape index (κ3) is 2.97. The first-order valence-electron chi connectivity index (χ1n) is 3.00. The van der Waals surface area contributed by atoms with Crippen LogP contribution in [0.25, 0.3) is 0 Å². The Bertz CT molecular complexity index is 61.5. The molecule has 0 rings (SSSR count). The molecule has 2 heteroatoms. The topological polar surface area (TPSA) is 0 Å². The Morgan fingerprint density at radius 3 is 2.00 bits per heavy atom. The molecule has 0 radical (unpaired) electrons. The van der Waals surface area contributed by atoms with Crippen molar-refractivity contribution in [2.24, 2.45) is 0 Å². The van der Waals surface area contributed by atoms with Crippen LogP contribution in [-0.2, 0) is 0 Å². The molecule has 0 heterocycles. The fraction of sp³-hybridized carbons (Fsp3) is 1.00. The summed E-state index contributed by atoms with van der Waals surface area (Å²) in [7, 11) is 3.78. The first-order chi connectivity index (χ1) is 3.62. The summed E-state index contributed by atoms with van der Waals surface area (Å²) < 4.78 is 12.4. The molecule has 8 heavy (non-hydrogen) atoms. The molecule has 0 aromatic heterocycles. The zero-order valence-electron chi connectivity index (χ0n) is 5.95. The van der Waals surface area contributed by atoms with E-state index in [1.165, 1.54) is 0 Å². The normalized spacial score (nSPS) is 12.0. The number of halogens is 1. The van der Waals surface area contributed by atoms with Gasteiger partial charge in [0, 0.05) is 0 Å². The third-order valence-electron chi connectivity index (χ3n) is 1.15. The molecule has 0 aromatic rings. The van der Waals surface area contributed by atoms with Gasteiger partial charge in [0.2, 0.25) is 6.80 Å². The molecule has 0 unspecified atom stereocenters. The SMILES string of the molecule is CCC[N+](C)(C)CF. The second-order valence-electron chi connectivity index (χ2n) is 2.78. The first kappa shape index (κ1) is 7.89. The highest BCUT2D eigenvalue weighted by Crippen LogP contribution is 1.97. The minimum atomic E-state index is -0.256. The Balaban J connectivity index is 3.37. The summed E-state index contributed by atoms with van der Waals surface area (Å²) in [6.45, 7) is 2.74. The van der Waals surface area contributed by atoms with Crippen molar-refractivity contribution in [3.05, 3.63) is 0 Å². The monoisotopic (exact) mass is 120 g/mol. The number of hydrogen-bond acceptors (Lipinski definition) is 0. The number of rotatable bonds is 3. The molecule has 0 aliphatic carbocycles. The van der Waals surface area contributed by atoms with E-state index in [4.69, 9.17) is 0 Å². The van der Waals surface area contributed by atoms with Crippen LogP contribution in [0.3, 0.4) is 0 Å². The highest BCUT2D eigenvalue weighted by Gasteiger charge is 2.10.